The van der Waals surface area contributed by atoms with Crippen molar-refractivity contribution in [3.8, 4) is 16.5 Å². The molecular weight excluding hydrogens is 342 g/mol. The predicted octanol–water partition coefficient (Wildman–Crippen LogP) is 4.97. The molecular formula is C17H15N3O2S2. The van der Waals surface area contributed by atoms with Crippen molar-refractivity contribution in [2.75, 3.05) is 6.61 Å². The number of thioether (sulfide) groups is 1. The molecule has 0 saturated heterocycles. The quantitative estimate of drug-likeness (QED) is 0.494. The molecule has 1 N–H and O–H groups in total. The van der Waals surface area contributed by atoms with E-state index >= 15 is 0 Å². The van der Waals surface area contributed by atoms with Gasteiger partial charge in [-0.2, -0.15) is 0 Å². The van der Waals surface area contributed by atoms with Crippen LogP contribution in [0.25, 0.3) is 21.8 Å². The van der Waals surface area contributed by atoms with Gasteiger partial charge in [0, 0.05) is 17.2 Å². The smallest absolute Gasteiger partial charge is 0.166 e. The van der Waals surface area contributed by atoms with E-state index in [9.17, 15) is 0 Å². The van der Waals surface area contributed by atoms with E-state index in [0.29, 0.717) is 6.61 Å². The van der Waals surface area contributed by atoms with Gasteiger partial charge in [-0.3, -0.25) is 0 Å². The van der Waals surface area contributed by atoms with Gasteiger partial charge in [-0.15, -0.1) is 11.3 Å². The summed E-state index contributed by atoms with van der Waals surface area (Å²) in [5.74, 6) is 2.42. The van der Waals surface area contributed by atoms with Crippen molar-refractivity contribution in [3.05, 3.63) is 47.7 Å². The normalized spacial score (nSPS) is 11.2. The molecule has 0 radical (unpaired) electrons. The predicted molar refractivity (Wildman–Crippen MR) is 96.6 cm³/mol. The highest BCUT2D eigenvalue weighted by molar-refractivity contribution is 7.98. The maximum Gasteiger partial charge on any atom is 0.166 e. The highest BCUT2D eigenvalue weighted by atomic mass is 32.2. The minimum absolute atomic E-state index is 0.656. The van der Waals surface area contributed by atoms with Crippen molar-refractivity contribution < 1.29 is 9.15 Å². The average Bonchev–Trinajstić information content (AvgIpc) is 3.32. The number of ether oxygens (including phenoxy) is 1. The molecule has 3 aromatic heterocycles. The fourth-order valence-electron chi connectivity index (χ4n) is 2.32. The summed E-state index contributed by atoms with van der Waals surface area (Å²) in [5, 5.41) is 3.84. The molecule has 0 fully saturated rings. The highest BCUT2D eigenvalue weighted by Crippen LogP contribution is 2.28. The third-order valence-corrected chi connectivity index (χ3v) is 5.20. The number of thiazole rings is 1. The van der Waals surface area contributed by atoms with E-state index in [1.54, 1.807) is 29.4 Å². The summed E-state index contributed by atoms with van der Waals surface area (Å²) in [6, 6.07) is 9.69. The number of imidazole rings is 1. The number of furan rings is 1. The molecule has 1 aromatic carbocycles. The number of H-pyrrole nitrogens is 1. The summed E-state index contributed by atoms with van der Waals surface area (Å²) in [6.07, 6.45) is 1.66. The van der Waals surface area contributed by atoms with Gasteiger partial charge in [0.15, 0.2) is 15.9 Å². The fraction of sp³-hybridized carbons (Fsp3) is 0.176. The molecule has 0 bridgehead atoms. The van der Waals surface area contributed by atoms with Crippen LogP contribution in [0.3, 0.4) is 0 Å². The number of hydrogen-bond acceptors (Lipinski definition) is 6. The molecule has 0 amide bonds. The van der Waals surface area contributed by atoms with Crippen molar-refractivity contribution in [3.63, 3.8) is 0 Å². The lowest BCUT2D eigenvalue weighted by Crippen LogP contribution is -1.90. The molecule has 0 atom stereocenters. The summed E-state index contributed by atoms with van der Waals surface area (Å²) in [7, 11) is 0. The van der Waals surface area contributed by atoms with Gasteiger partial charge >= 0.3 is 0 Å². The third-order valence-electron chi connectivity index (χ3n) is 3.38. The summed E-state index contributed by atoms with van der Waals surface area (Å²) in [6.45, 7) is 2.63. The molecule has 0 unspecified atom stereocenters. The molecule has 4 aromatic rings. The molecule has 24 heavy (non-hydrogen) atoms. The molecule has 3 heterocycles. The first-order chi connectivity index (χ1) is 11.8. The second-order valence-corrected chi connectivity index (χ2v) is 6.89. The highest BCUT2D eigenvalue weighted by Gasteiger charge is 2.09. The van der Waals surface area contributed by atoms with Gasteiger partial charge in [-0.25, -0.2) is 9.97 Å². The maximum absolute atomic E-state index is 5.52. The lowest BCUT2D eigenvalue weighted by molar-refractivity contribution is 0.340. The molecule has 0 spiro atoms. The van der Waals surface area contributed by atoms with Gasteiger partial charge in [-0.1, -0.05) is 11.8 Å². The molecule has 0 saturated carbocycles. The largest absolute Gasteiger partial charge is 0.494 e. The Balaban J connectivity index is 1.46. The van der Waals surface area contributed by atoms with E-state index in [1.165, 1.54) is 0 Å². The number of benzene rings is 1. The van der Waals surface area contributed by atoms with Gasteiger partial charge in [0.25, 0.3) is 0 Å². The third kappa shape index (κ3) is 3.18. The monoisotopic (exact) mass is 357 g/mol. The van der Waals surface area contributed by atoms with E-state index in [0.717, 1.165) is 44.2 Å². The van der Waals surface area contributed by atoms with Crippen molar-refractivity contribution in [2.24, 2.45) is 0 Å². The molecule has 7 heteroatoms. The summed E-state index contributed by atoms with van der Waals surface area (Å²) < 4.78 is 10.9. The first-order valence-electron chi connectivity index (χ1n) is 7.55. The zero-order valence-corrected chi connectivity index (χ0v) is 14.6. The average molecular weight is 357 g/mol. The Bertz CT molecular complexity index is 944. The van der Waals surface area contributed by atoms with Crippen molar-refractivity contribution in [1.82, 2.24) is 15.0 Å². The number of aromatic nitrogens is 3. The SMILES string of the molecule is CCOc1ccc2nc(SCc3csc(-c4ccco4)n3)[nH]c2c1. The van der Waals surface area contributed by atoms with E-state index in [4.69, 9.17) is 9.15 Å². The summed E-state index contributed by atoms with van der Waals surface area (Å²) in [4.78, 5) is 12.5. The van der Waals surface area contributed by atoms with Gasteiger partial charge in [0.1, 0.15) is 5.75 Å². The lowest BCUT2D eigenvalue weighted by Gasteiger charge is -2.00. The Labute approximate surface area is 147 Å². The maximum atomic E-state index is 5.52. The zero-order chi connectivity index (χ0) is 16.4. The van der Waals surface area contributed by atoms with Gasteiger partial charge in [0.2, 0.25) is 0 Å². The van der Waals surface area contributed by atoms with E-state index in [2.05, 4.69) is 20.3 Å². The number of nitrogens with zero attached hydrogens (tertiary/aromatic N) is 2. The second-order valence-electron chi connectivity index (χ2n) is 5.06. The van der Waals surface area contributed by atoms with Crippen LogP contribution in [-0.4, -0.2) is 21.6 Å². The Hall–Kier alpha value is -2.25. The summed E-state index contributed by atoms with van der Waals surface area (Å²) in [5.41, 5.74) is 2.94. The number of rotatable bonds is 6. The number of fused-ring (bicyclic) bond motifs is 1. The Morgan fingerprint density at radius 2 is 2.25 bits per heavy atom. The van der Waals surface area contributed by atoms with Crippen LogP contribution in [0.4, 0.5) is 0 Å². The molecule has 5 nitrogen and oxygen atoms in total. The van der Waals surface area contributed by atoms with Crippen LogP contribution < -0.4 is 4.74 Å². The van der Waals surface area contributed by atoms with Crippen molar-refractivity contribution in [1.29, 1.82) is 0 Å². The van der Waals surface area contributed by atoms with E-state index in [1.807, 2.05) is 37.3 Å². The number of aromatic amines is 1. The first-order valence-corrected chi connectivity index (χ1v) is 9.42. The Morgan fingerprint density at radius 1 is 1.29 bits per heavy atom. The summed E-state index contributed by atoms with van der Waals surface area (Å²) >= 11 is 3.22. The molecule has 0 aliphatic rings. The van der Waals surface area contributed by atoms with E-state index < -0.39 is 0 Å². The van der Waals surface area contributed by atoms with Crippen LogP contribution in [0, 0.1) is 0 Å². The lowest BCUT2D eigenvalue weighted by atomic mass is 10.3. The first kappa shape index (κ1) is 15.3. The van der Waals surface area contributed by atoms with Crippen LogP contribution in [0.15, 0.2) is 51.5 Å². The van der Waals surface area contributed by atoms with Gasteiger partial charge in [0.05, 0.1) is 29.6 Å². The van der Waals surface area contributed by atoms with Crippen molar-refractivity contribution >= 4 is 34.1 Å². The molecule has 0 aliphatic heterocycles. The topological polar surface area (TPSA) is 63.9 Å². The minimum Gasteiger partial charge on any atom is -0.494 e. The molecule has 0 aliphatic carbocycles. The van der Waals surface area contributed by atoms with E-state index in [-0.39, 0.29) is 0 Å². The minimum atomic E-state index is 0.656. The number of hydrogen-bond donors (Lipinski definition) is 1. The second kappa shape index (κ2) is 6.70. The standard InChI is InChI=1S/C17H15N3O2S2/c1-2-21-12-5-6-13-14(8-12)20-17(19-13)24-10-11-9-23-16(18-11)15-4-3-7-22-15/h3-9H,2,10H2,1H3,(H,19,20). The van der Waals surface area contributed by atoms with Crippen LogP contribution in [-0.2, 0) is 5.75 Å². The Morgan fingerprint density at radius 3 is 3.08 bits per heavy atom. The zero-order valence-electron chi connectivity index (χ0n) is 13.0. The van der Waals surface area contributed by atoms with Crippen LogP contribution in [0.2, 0.25) is 0 Å². The van der Waals surface area contributed by atoms with Gasteiger partial charge < -0.3 is 14.1 Å². The molecule has 122 valence electrons. The Kier molecular flexibility index (Phi) is 4.27. The van der Waals surface area contributed by atoms with Crippen LogP contribution >= 0.6 is 23.1 Å². The van der Waals surface area contributed by atoms with Gasteiger partial charge in [-0.05, 0) is 31.2 Å². The fourth-order valence-corrected chi connectivity index (χ4v) is 3.99. The molecule has 4 rings (SSSR count). The van der Waals surface area contributed by atoms with Crippen molar-refractivity contribution in [2.45, 2.75) is 17.8 Å². The van der Waals surface area contributed by atoms with Crippen LogP contribution in [0.1, 0.15) is 12.6 Å². The van der Waals surface area contributed by atoms with Crippen LogP contribution in [0.5, 0.6) is 5.75 Å². The number of nitrogens with one attached hydrogen (secondary N) is 1.